The van der Waals surface area contributed by atoms with Crippen LogP contribution in [0.4, 0.5) is 5.69 Å². The van der Waals surface area contributed by atoms with Crippen LogP contribution in [0.3, 0.4) is 0 Å². The molecule has 1 N–H and O–H groups in total. The van der Waals surface area contributed by atoms with Crippen LogP contribution in [-0.2, 0) is 22.4 Å². The lowest BCUT2D eigenvalue weighted by Crippen LogP contribution is -2.25. The fourth-order valence-electron chi connectivity index (χ4n) is 3.59. The van der Waals surface area contributed by atoms with E-state index in [1.54, 1.807) is 16.5 Å². The van der Waals surface area contributed by atoms with Gasteiger partial charge >= 0.3 is 0 Å². The number of amides is 2. The van der Waals surface area contributed by atoms with Crippen molar-refractivity contribution in [2.75, 3.05) is 18.9 Å². The summed E-state index contributed by atoms with van der Waals surface area (Å²) in [4.78, 5) is 34.8. The predicted molar refractivity (Wildman–Crippen MR) is 109 cm³/mol. The standard InChI is InChI=1S/C21H24N6O2/c1-4-16-17(5-2)25-27-12-18(24-21(27)23-16)13-6-8-15(9-7-13)22-20(29)14-10-19(28)26(3)11-14/h6-9,12,14H,4-5,10-11H2,1-3H3,(H,22,29)/t14-/m0/s1. The van der Waals surface area contributed by atoms with Crippen LogP contribution in [0.15, 0.2) is 30.5 Å². The van der Waals surface area contributed by atoms with Gasteiger partial charge in [0, 0.05) is 31.3 Å². The minimum absolute atomic E-state index is 0.00651. The van der Waals surface area contributed by atoms with Crippen molar-refractivity contribution >= 4 is 23.3 Å². The Balaban J connectivity index is 1.52. The van der Waals surface area contributed by atoms with Crippen LogP contribution < -0.4 is 5.32 Å². The zero-order valence-electron chi connectivity index (χ0n) is 16.8. The number of imidazole rings is 1. The zero-order chi connectivity index (χ0) is 20.5. The van der Waals surface area contributed by atoms with Crippen molar-refractivity contribution < 1.29 is 9.59 Å². The van der Waals surface area contributed by atoms with Crippen LogP contribution in [0.5, 0.6) is 0 Å². The smallest absolute Gasteiger partial charge is 0.251 e. The molecule has 0 bridgehead atoms. The molecule has 0 saturated carbocycles. The van der Waals surface area contributed by atoms with Crippen LogP contribution in [-0.4, -0.2) is 49.9 Å². The Bertz CT molecular complexity index is 1030. The molecule has 1 saturated heterocycles. The highest BCUT2D eigenvalue weighted by Gasteiger charge is 2.32. The summed E-state index contributed by atoms with van der Waals surface area (Å²) in [6.07, 6.45) is 3.79. The molecule has 0 spiro atoms. The van der Waals surface area contributed by atoms with Gasteiger partial charge in [0.1, 0.15) is 0 Å². The van der Waals surface area contributed by atoms with Gasteiger partial charge < -0.3 is 10.2 Å². The molecule has 1 atom stereocenters. The van der Waals surface area contributed by atoms with Gasteiger partial charge in [-0.25, -0.2) is 14.5 Å². The van der Waals surface area contributed by atoms with Gasteiger partial charge in [-0.2, -0.15) is 5.10 Å². The normalized spacial score (nSPS) is 16.6. The molecule has 2 amide bonds. The fourth-order valence-corrected chi connectivity index (χ4v) is 3.59. The maximum Gasteiger partial charge on any atom is 0.251 e. The van der Waals surface area contributed by atoms with Gasteiger partial charge in [0.25, 0.3) is 5.78 Å². The number of fused-ring (bicyclic) bond motifs is 1. The Labute approximate surface area is 169 Å². The summed E-state index contributed by atoms with van der Waals surface area (Å²) < 4.78 is 1.72. The number of aryl methyl sites for hydroxylation is 2. The third-order valence-corrected chi connectivity index (χ3v) is 5.30. The van der Waals surface area contributed by atoms with Crippen LogP contribution in [0, 0.1) is 5.92 Å². The predicted octanol–water partition coefficient (Wildman–Crippen LogP) is 2.33. The third kappa shape index (κ3) is 3.70. The molecular formula is C21H24N6O2. The molecule has 0 radical (unpaired) electrons. The number of hydrogen-bond acceptors (Lipinski definition) is 5. The first-order chi connectivity index (χ1) is 14.0. The number of carbonyl (C=O) groups excluding carboxylic acids is 2. The first-order valence-electron chi connectivity index (χ1n) is 9.89. The van der Waals surface area contributed by atoms with Gasteiger partial charge in [-0.3, -0.25) is 9.59 Å². The highest BCUT2D eigenvalue weighted by molar-refractivity contribution is 5.97. The number of nitrogens with one attached hydrogen (secondary N) is 1. The molecule has 3 aromatic rings. The van der Waals surface area contributed by atoms with Crippen molar-refractivity contribution in [3.05, 3.63) is 41.9 Å². The zero-order valence-corrected chi connectivity index (χ0v) is 16.8. The first kappa shape index (κ1) is 19.0. The van der Waals surface area contributed by atoms with Crippen LogP contribution in [0.1, 0.15) is 31.7 Å². The fraction of sp³-hybridized carbons (Fsp3) is 0.381. The molecule has 0 unspecified atom stereocenters. The number of benzene rings is 1. The summed E-state index contributed by atoms with van der Waals surface area (Å²) in [6, 6.07) is 7.50. The molecule has 3 heterocycles. The highest BCUT2D eigenvalue weighted by atomic mass is 16.2. The second kappa shape index (κ2) is 7.62. The first-order valence-corrected chi connectivity index (χ1v) is 9.89. The Morgan fingerprint density at radius 1 is 1.14 bits per heavy atom. The topological polar surface area (TPSA) is 92.5 Å². The number of anilines is 1. The van der Waals surface area contributed by atoms with Gasteiger partial charge in [-0.1, -0.05) is 26.0 Å². The largest absolute Gasteiger partial charge is 0.345 e. The average molecular weight is 392 g/mol. The van der Waals surface area contributed by atoms with Crippen molar-refractivity contribution in [2.45, 2.75) is 33.1 Å². The second-order valence-corrected chi connectivity index (χ2v) is 7.32. The third-order valence-electron chi connectivity index (χ3n) is 5.30. The number of nitrogens with zero attached hydrogens (tertiary/aromatic N) is 5. The van der Waals surface area contributed by atoms with E-state index in [0.717, 1.165) is 35.5 Å². The number of likely N-dealkylation sites (tertiary alicyclic amines) is 1. The summed E-state index contributed by atoms with van der Waals surface area (Å²) in [6.45, 7) is 4.60. The molecule has 2 aromatic heterocycles. The molecule has 4 rings (SSSR count). The Morgan fingerprint density at radius 3 is 2.48 bits per heavy atom. The van der Waals surface area contributed by atoms with Crippen molar-refractivity contribution in [3.8, 4) is 11.3 Å². The number of hydrogen-bond donors (Lipinski definition) is 1. The van der Waals surface area contributed by atoms with E-state index in [1.807, 2.05) is 30.5 Å². The maximum absolute atomic E-state index is 12.4. The molecule has 1 aromatic carbocycles. The Hall–Kier alpha value is -3.29. The molecule has 1 fully saturated rings. The average Bonchev–Trinajstić information content (AvgIpc) is 3.30. The SMILES string of the molecule is CCc1nc2nc(-c3ccc(NC(=O)[C@H]4CC(=O)N(C)C4)cc3)cn2nc1CC. The van der Waals surface area contributed by atoms with Crippen molar-refractivity contribution in [1.82, 2.24) is 24.5 Å². The quantitative estimate of drug-likeness (QED) is 0.719. The molecule has 1 aliphatic heterocycles. The van der Waals surface area contributed by atoms with E-state index in [-0.39, 0.29) is 24.2 Å². The van der Waals surface area contributed by atoms with E-state index in [2.05, 4.69) is 34.2 Å². The van der Waals surface area contributed by atoms with E-state index >= 15 is 0 Å². The molecule has 1 aliphatic rings. The lowest BCUT2D eigenvalue weighted by molar-refractivity contribution is -0.127. The molecule has 29 heavy (non-hydrogen) atoms. The number of rotatable bonds is 5. The monoisotopic (exact) mass is 392 g/mol. The lowest BCUT2D eigenvalue weighted by Gasteiger charge is -2.11. The van der Waals surface area contributed by atoms with Gasteiger partial charge in [-0.15, -0.1) is 0 Å². The molecule has 0 aliphatic carbocycles. The molecule has 8 nitrogen and oxygen atoms in total. The second-order valence-electron chi connectivity index (χ2n) is 7.32. The summed E-state index contributed by atoms with van der Waals surface area (Å²) in [5.74, 6) is 0.160. The van der Waals surface area contributed by atoms with Gasteiger partial charge in [0.15, 0.2) is 0 Å². The van der Waals surface area contributed by atoms with E-state index in [4.69, 9.17) is 0 Å². The minimum atomic E-state index is -0.303. The summed E-state index contributed by atoms with van der Waals surface area (Å²) >= 11 is 0. The van der Waals surface area contributed by atoms with E-state index < -0.39 is 0 Å². The highest BCUT2D eigenvalue weighted by Crippen LogP contribution is 2.23. The Kier molecular flexibility index (Phi) is 5.00. The Morgan fingerprint density at radius 2 is 1.86 bits per heavy atom. The van der Waals surface area contributed by atoms with Crippen LogP contribution in [0.25, 0.3) is 17.0 Å². The molecule has 8 heteroatoms. The lowest BCUT2D eigenvalue weighted by atomic mass is 10.1. The van der Waals surface area contributed by atoms with E-state index in [1.165, 1.54) is 0 Å². The molecule has 150 valence electrons. The van der Waals surface area contributed by atoms with Crippen molar-refractivity contribution in [2.24, 2.45) is 5.92 Å². The van der Waals surface area contributed by atoms with Gasteiger partial charge in [0.2, 0.25) is 11.8 Å². The number of carbonyl (C=O) groups is 2. The van der Waals surface area contributed by atoms with E-state index in [9.17, 15) is 9.59 Å². The van der Waals surface area contributed by atoms with Crippen molar-refractivity contribution in [3.63, 3.8) is 0 Å². The van der Waals surface area contributed by atoms with Gasteiger partial charge in [0.05, 0.1) is 29.2 Å². The van der Waals surface area contributed by atoms with Gasteiger partial charge in [-0.05, 0) is 25.0 Å². The van der Waals surface area contributed by atoms with Crippen molar-refractivity contribution in [1.29, 1.82) is 0 Å². The van der Waals surface area contributed by atoms with Crippen LogP contribution in [0.2, 0.25) is 0 Å². The molecular weight excluding hydrogens is 368 g/mol. The number of aromatic nitrogens is 4. The minimum Gasteiger partial charge on any atom is -0.345 e. The summed E-state index contributed by atoms with van der Waals surface area (Å²) in [5, 5.41) is 7.52. The van der Waals surface area contributed by atoms with E-state index in [0.29, 0.717) is 18.0 Å². The summed E-state index contributed by atoms with van der Waals surface area (Å²) in [5.41, 5.74) is 4.36. The maximum atomic E-state index is 12.4. The van der Waals surface area contributed by atoms with Crippen LogP contribution >= 0.6 is 0 Å². The summed E-state index contributed by atoms with van der Waals surface area (Å²) in [7, 11) is 1.72.